The highest BCUT2D eigenvalue weighted by Crippen LogP contribution is 2.29. The van der Waals surface area contributed by atoms with Crippen LogP contribution in [0.25, 0.3) is 0 Å². The number of nitro benzene ring substituents is 2. The van der Waals surface area contributed by atoms with Gasteiger partial charge in [0.15, 0.2) is 0 Å². The predicted octanol–water partition coefficient (Wildman–Crippen LogP) is 2.36. The Morgan fingerprint density at radius 1 is 1.06 bits per heavy atom. The molecule has 31 heavy (non-hydrogen) atoms. The summed E-state index contributed by atoms with van der Waals surface area (Å²) in [6, 6.07) is 9.19. The first-order chi connectivity index (χ1) is 14.7. The Bertz CT molecular complexity index is 1130. The van der Waals surface area contributed by atoms with Crippen molar-refractivity contribution in [2.24, 2.45) is 5.10 Å². The van der Waals surface area contributed by atoms with E-state index in [-0.39, 0.29) is 42.6 Å². The van der Waals surface area contributed by atoms with E-state index >= 15 is 0 Å². The molecule has 0 bridgehead atoms. The van der Waals surface area contributed by atoms with Gasteiger partial charge < -0.3 is 4.74 Å². The molecule has 1 N–H and O–H groups in total. The lowest BCUT2D eigenvalue weighted by Crippen LogP contribution is -2.40. The van der Waals surface area contributed by atoms with Gasteiger partial charge in [0, 0.05) is 31.3 Å². The topological polar surface area (TPSA) is 157 Å². The van der Waals surface area contributed by atoms with Crippen LogP contribution in [0.3, 0.4) is 0 Å². The fraction of sp³-hybridized carbons (Fsp3) is 0.278. The number of hydrogen-bond acceptors (Lipinski definition) is 9. The van der Waals surface area contributed by atoms with Crippen LogP contribution in [-0.2, 0) is 14.8 Å². The number of nitro groups is 2. The number of non-ortho nitro benzene ring substituents is 1. The predicted molar refractivity (Wildman–Crippen MR) is 112 cm³/mol. The number of hydrazone groups is 1. The average Bonchev–Trinajstić information content (AvgIpc) is 2.77. The summed E-state index contributed by atoms with van der Waals surface area (Å²) in [5.74, 6) is 0. The number of sulfonamides is 1. The monoisotopic (exact) mass is 449 g/mol. The Labute approximate surface area is 177 Å². The third-order valence-electron chi connectivity index (χ3n) is 4.61. The molecule has 0 unspecified atom stereocenters. The quantitative estimate of drug-likeness (QED) is 0.383. The lowest BCUT2D eigenvalue weighted by Gasteiger charge is -2.26. The number of rotatable bonds is 7. The summed E-state index contributed by atoms with van der Waals surface area (Å²) in [7, 11) is -3.89. The van der Waals surface area contributed by atoms with E-state index in [1.807, 2.05) is 0 Å². The van der Waals surface area contributed by atoms with Gasteiger partial charge in [-0.25, -0.2) is 8.42 Å². The molecule has 2 aromatic rings. The molecule has 0 spiro atoms. The summed E-state index contributed by atoms with van der Waals surface area (Å²) in [6.45, 7) is 2.50. The molecule has 13 heteroatoms. The van der Waals surface area contributed by atoms with Gasteiger partial charge in [0.05, 0.1) is 33.7 Å². The number of ether oxygens (including phenoxy) is 1. The Balaban J connectivity index is 1.85. The van der Waals surface area contributed by atoms with E-state index in [2.05, 4.69) is 10.5 Å². The minimum absolute atomic E-state index is 0.00666. The molecular weight excluding hydrogens is 430 g/mol. The highest BCUT2D eigenvalue weighted by atomic mass is 32.2. The van der Waals surface area contributed by atoms with Crippen LogP contribution in [0.15, 0.2) is 52.5 Å². The van der Waals surface area contributed by atoms with Crippen LogP contribution in [0.5, 0.6) is 0 Å². The van der Waals surface area contributed by atoms with Gasteiger partial charge in [-0.15, -0.1) is 0 Å². The van der Waals surface area contributed by atoms with Crippen molar-refractivity contribution in [1.29, 1.82) is 0 Å². The third-order valence-corrected chi connectivity index (χ3v) is 6.51. The molecule has 1 saturated heterocycles. The number of benzene rings is 2. The minimum atomic E-state index is -3.89. The van der Waals surface area contributed by atoms with Crippen LogP contribution in [0.4, 0.5) is 17.1 Å². The Hall–Kier alpha value is -3.42. The zero-order valence-corrected chi connectivity index (χ0v) is 17.2. The first kappa shape index (κ1) is 22.3. The second kappa shape index (κ2) is 9.16. The first-order valence-electron chi connectivity index (χ1n) is 9.11. The van der Waals surface area contributed by atoms with E-state index < -0.39 is 25.6 Å². The Morgan fingerprint density at radius 2 is 1.71 bits per heavy atom. The standard InChI is InChI=1S/C18H19N5O7S/c1-13(14-2-4-15(5-3-14)22(24)25)19-20-17-7-6-16(12-18(17)23(26)27)31(28,29)21-8-10-30-11-9-21/h2-7,12,20H,8-11H2,1H3/b19-13+. The molecule has 1 fully saturated rings. The molecule has 0 amide bonds. The molecule has 1 aliphatic rings. The number of nitrogens with one attached hydrogen (secondary N) is 1. The van der Waals surface area contributed by atoms with Crippen molar-refractivity contribution >= 4 is 32.8 Å². The van der Waals surface area contributed by atoms with Gasteiger partial charge in [-0.2, -0.15) is 9.41 Å². The van der Waals surface area contributed by atoms with Gasteiger partial charge >= 0.3 is 0 Å². The molecule has 1 heterocycles. The average molecular weight is 449 g/mol. The van der Waals surface area contributed by atoms with E-state index in [0.717, 1.165) is 6.07 Å². The molecule has 164 valence electrons. The SMILES string of the molecule is C/C(=N\Nc1ccc(S(=O)(=O)N2CCOCC2)cc1[N+](=O)[O-])c1ccc([N+](=O)[O-])cc1. The van der Waals surface area contributed by atoms with Gasteiger partial charge in [-0.3, -0.25) is 25.7 Å². The zero-order chi connectivity index (χ0) is 22.6. The van der Waals surface area contributed by atoms with Crippen molar-refractivity contribution in [3.63, 3.8) is 0 Å². The Kier molecular flexibility index (Phi) is 6.58. The van der Waals surface area contributed by atoms with E-state index in [1.165, 1.54) is 40.7 Å². The zero-order valence-electron chi connectivity index (χ0n) is 16.4. The fourth-order valence-electron chi connectivity index (χ4n) is 2.89. The second-order valence-corrected chi connectivity index (χ2v) is 8.50. The van der Waals surface area contributed by atoms with Crippen molar-refractivity contribution in [3.8, 4) is 0 Å². The molecule has 2 aromatic carbocycles. The van der Waals surface area contributed by atoms with Gasteiger partial charge in [-0.1, -0.05) is 0 Å². The molecule has 1 aliphatic heterocycles. The Morgan fingerprint density at radius 3 is 2.29 bits per heavy atom. The maximum atomic E-state index is 12.8. The first-order valence-corrected chi connectivity index (χ1v) is 10.6. The lowest BCUT2D eigenvalue weighted by molar-refractivity contribution is -0.384. The van der Waals surface area contributed by atoms with Crippen molar-refractivity contribution in [1.82, 2.24) is 4.31 Å². The highest BCUT2D eigenvalue weighted by Gasteiger charge is 2.28. The summed E-state index contributed by atoms with van der Waals surface area (Å²) in [6.07, 6.45) is 0. The van der Waals surface area contributed by atoms with Gasteiger partial charge in [0.1, 0.15) is 5.69 Å². The van der Waals surface area contributed by atoms with Crippen LogP contribution in [0.2, 0.25) is 0 Å². The molecule has 0 aromatic heterocycles. The van der Waals surface area contributed by atoms with E-state index in [9.17, 15) is 28.6 Å². The third kappa shape index (κ3) is 5.02. The molecule has 0 saturated carbocycles. The van der Waals surface area contributed by atoms with Crippen molar-refractivity contribution < 1.29 is 23.0 Å². The smallest absolute Gasteiger partial charge is 0.295 e. The summed E-state index contributed by atoms with van der Waals surface area (Å²) in [4.78, 5) is 20.8. The molecule has 3 rings (SSSR count). The number of nitrogens with zero attached hydrogens (tertiary/aromatic N) is 4. The van der Waals surface area contributed by atoms with E-state index in [1.54, 1.807) is 6.92 Å². The van der Waals surface area contributed by atoms with Crippen LogP contribution < -0.4 is 5.43 Å². The summed E-state index contributed by atoms with van der Waals surface area (Å²) in [5, 5.41) is 26.3. The molecular formula is C18H19N5O7S. The molecule has 12 nitrogen and oxygen atoms in total. The molecule has 0 radical (unpaired) electrons. The van der Waals surface area contributed by atoms with Gasteiger partial charge in [0.2, 0.25) is 10.0 Å². The molecule has 0 atom stereocenters. The maximum Gasteiger partial charge on any atom is 0.295 e. The lowest BCUT2D eigenvalue weighted by atomic mass is 10.1. The number of anilines is 1. The maximum absolute atomic E-state index is 12.8. The van der Waals surface area contributed by atoms with Crippen LogP contribution in [0.1, 0.15) is 12.5 Å². The van der Waals surface area contributed by atoms with Gasteiger partial charge in [-0.05, 0) is 36.8 Å². The normalized spacial score (nSPS) is 15.5. The summed E-state index contributed by atoms with van der Waals surface area (Å²) < 4.78 is 31.9. The second-order valence-electron chi connectivity index (χ2n) is 6.57. The summed E-state index contributed by atoms with van der Waals surface area (Å²) in [5.41, 5.74) is 3.06. The van der Waals surface area contributed by atoms with Crippen molar-refractivity contribution in [2.75, 3.05) is 31.7 Å². The molecule has 0 aliphatic carbocycles. The summed E-state index contributed by atoms with van der Waals surface area (Å²) >= 11 is 0. The number of hydrogen-bond donors (Lipinski definition) is 1. The fourth-order valence-corrected chi connectivity index (χ4v) is 4.32. The van der Waals surface area contributed by atoms with Gasteiger partial charge in [0.25, 0.3) is 11.4 Å². The highest BCUT2D eigenvalue weighted by molar-refractivity contribution is 7.89. The van der Waals surface area contributed by atoms with Crippen molar-refractivity contribution in [2.45, 2.75) is 11.8 Å². The largest absolute Gasteiger partial charge is 0.379 e. The van der Waals surface area contributed by atoms with Crippen LogP contribution in [-0.4, -0.2) is 54.6 Å². The van der Waals surface area contributed by atoms with E-state index in [0.29, 0.717) is 11.3 Å². The van der Waals surface area contributed by atoms with Crippen molar-refractivity contribution in [3.05, 3.63) is 68.3 Å². The van der Waals surface area contributed by atoms with Crippen LogP contribution in [0, 0.1) is 20.2 Å². The van der Waals surface area contributed by atoms with E-state index in [4.69, 9.17) is 4.74 Å². The number of morpholine rings is 1. The van der Waals surface area contributed by atoms with Crippen LogP contribution >= 0.6 is 0 Å². The minimum Gasteiger partial charge on any atom is -0.379 e.